The Kier molecular flexibility index (Phi) is 24.8. The number of amides is 7. The molecule has 0 saturated carbocycles. The van der Waals surface area contributed by atoms with E-state index in [4.69, 9.17) is 52.6 Å². The molecule has 4 aromatic rings. The SMILES string of the molecule is COc1ccc(C2=CN3C(=O)c4cc(OC)c(OCCCOc5cc6c(cc5OC)C(=O)N5C=C(c7ccc(NC(=O)[C@H](C)CC(=O)[C@@H](NC(=O)CCOCCOCCOCCOCCNC(=O)CCN8C(=O)CC(C)C8=O)C(C)C)cc7)C[C@H]5C=N6)cc4N=C[C@@H]3C2)cc1. The number of imide groups is 1. The number of Topliss-reactive ketones (excluding diaryl/α,β-unsaturated/α-hetero) is 1. The van der Waals surface area contributed by atoms with Gasteiger partial charge in [-0.2, -0.15) is 0 Å². The molecule has 5 aliphatic heterocycles. The van der Waals surface area contributed by atoms with Gasteiger partial charge in [0.2, 0.25) is 29.5 Å². The molecule has 9 rings (SSSR count). The number of benzene rings is 4. The van der Waals surface area contributed by atoms with Gasteiger partial charge in [-0.15, -0.1) is 0 Å². The van der Waals surface area contributed by atoms with Crippen LogP contribution in [0.4, 0.5) is 17.1 Å². The molecule has 5 atom stereocenters. The van der Waals surface area contributed by atoms with Crippen LogP contribution in [0, 0.1) is 17.8 Å². The molecule has 95 heavy (non-hydrogen) atoms. The van der Waals surface area contributed by atoms with Crippen molar-refractivity contribution >= 4 is 87.8 Å². The zero-order valence-corrected chi connectivity index (χ0v) is 54.8. The van der Waals surface area contributed by atoms with Crippen molar-refractivity contribution in [1.82, 2.24) is 25.3 Å². The van der Waals surface area contributed by atoms with Gasteiger partial charge < -0.3 is 68.4 Å². The normalized spacial score (nSPS) is 17.6. The molecule has 0 spiro atoms. The molecular weight excluding hydrogens is 1220 g/mol. The summed E-state index contributed by atoms with van der Waals surface area (Å²) < 4.78 is 51.1. The third-order valence-corrected chi connectivity index (χ3v) is 16.7. The first-order valence-corrected chi connectivity index (χ1v) is 32.1. The Labute approximate surface area is 552 Å². The van der Waals surface area contributed by atoms with Gasteiger partial charge in [0, 0.05) is 113 Å². The largest absolute Gasteiger partial charge is 0.497 e. The van der Waals surface area contributed by atoms with Gasteiger partial charge in [-0.05, 0) is 64.6 Å². The van der Waals surface area contributed by atoms with E-state index in [0.717, 1.165) is 32.9 Å². The number of carbonyl (C=O) groups excluding carboxylic acids is 8. The zero-order valence-electron chi connectivity index (χ0n) is 54.8. The Morgan fingerprint density at radius 3 is 1.60 bits per heavy atom. The van der Waals surface area contributed by atoms with Crippen molar-refractivity contribution in [2.75, 3.05) is 106 Å². The number of carbonyl (C=O) groups is 8. The molecule has 0 aromatic heterocycles. The summed E-state index contributed by atoms with van der Waals surface area (Å²) in [5.41, 5.74) is 5.98. The monoisotopic (exact) mass is 1310 g/mol. The molecule has 1 fully saturated rings. The van der Waals surface area contributed by atoms with Gasteiger partial charge >= 0.3 is 0 Å². The fourth-order valence-electron chi connectivity index (χ4n) is 11.4. The van der Waals surface area contributed by atoms with Gasteiger partial charge in [-0.3, -0.25) is 53.2 Å². The van der Waals surface area contributed by atoms with Crippen LogP contribution in [0.2, 0.25) is 0 Å². The number of ether oxygens (including phenoxy) is 9. The van der Waals surface area contributed by atoms with E-state index in [1.54, 1.807) is 79.6 Å². The van der Waals surface area contributed by atoms with Crippen molar-refractivity contribution in [1.29, 1.82) is 0 Å². The van der Waals surface area contributed by atoms with Crippen LogP contribution in [0.1, 0.15) is 104 Å². The second-order valence-corrected chi connectivity index (χ2v) is 23.9. The van der Waals surface area contributed by atoms with Crippen LogP contribution in [-0.2, 0) is 47.7 Å². The predicted molar refractivity (Wildman–Crippen MR) is 353 cm³/mol. The molecule has 25 heteroatoms. The van der Waals surface area contributed by atoms with E-state index in [0.29, 0.717) is 96.9 Å². The lowest BCUT2D eigenvalue weighted by Gasteiger charge is -2.23. The van der Waals surface area contributed by atoms with E-state index >= 15 is 0 Å². The number of aliphatic imine (C=N–C) groups is 2. The van der Waals surface area contributed by atoms with E-state index in [2.05, 4.69) is 16.0 Å². The molecule has 0 aliphatic carbocycles. The fraction of sp³-hybridized carbons (Fsp3) is 0.457. The Bertz CT molecular complexity index is 3570. The number of methoxy groups -OCH3 is 3. The summed E-state index contributed by atoms with van der Waals surface area (Å²) in [6.45, 7) is 10.1. The van der Waals surface area contributed by atoms with Crippen molar-refractivity contribution in [2.24, 2.45) is 27.7 Å². The average molecular weight is 1310 g/mol. The second-order valence-electron chi connectivity index (χ2n) is 23.9. The van der Waals surface area contributed by atoms with Gasteiger partial charge in [-0.25, -0.2) is 0 Å². The molecule has 5 aliphatic rings. The molecule has 5 heterocycles. The van der Waals surface area contributed by atoms with E-state index in [1.165, 1.54) is 14.2 Å². The van der Waals surface area contributed by atoms with Crippen molar-refractivity contribution in [3.8, 4) is 28.7 Å². The summed E-state index contributed by atoms with van der Waals surface area (Å²) in [7, 11) is 4.65. The van der Waals surface area contributed by atoms with Crippen LogP contribution in [0.25, 0.3) is 11.1 Å². The summed E-state index contributed by atoms with van der Waals surface area (Å²) in [6, 6.07) is 20.3. The predicted octanol–water partition coefficient (Wildman–Crippen LogP) is 7.54. The maximum atomic E-state index is 14.2. The fourth-order valence-corrected chi connectivity index (χ4v) is 11.4. The minimum atomic E-state index is -0.796. The van der Waals surface area contributed by atoms with Gasteiger partial charge in [0.15, 0.2) is 28.8 Å². The average Bonchev–Trinajstić information content (AvgIpc) is 1.67. The molecule has 4 aromatic carbocycles. The van der Waals surface area contributed by atoms with E-state index in [-0.39, 0.29) is 149 Å². The number of rotatable bonds is 36. The topological polar surface area (TPSA) is 290 Å². The quantitative estimate of drug-likeness (QED) is 0.0293. The highest BCUT2D eigenvalue weighted by atomic mass is 16.6. The van der Waals surface area contributed by atoms with Crippen molar-refractivity contribution in [2.45, 2.75) is 90.8 Å². The molecule has 0 bridgehead atoms. The second kappa shape index (κ2) is 33.7. The molecule has 3 N–H and O–H groups in total. The van der Waals surface area contributed by atoms with Crippen LogP contribution < -0.4 is 39.6 Å². The van der Waals surface area contributed by atoms with E-state index in [9.17, 15) is 38.4 Å². The van der Waals surface area contributed by atoms with E-state index < -0.39 is 12.0 Å². The van der Waals surface area contributed by atoms with Gasteiger partial charge in [0.05, 0.1) is 128 Å². The molecule has 25 nitrogen and oxygen atoms in total. The Morgan fingerprint density at radius 2 is 1.11 bits per heavy atom. The number of nitrogens with zero attached hydrogens (tertiary/aromatic N) is 5. The smallest absolute Gasteiger partial charge is 0.260 e. The summed E-state index contributed by atoms with van der Waals surface area (Å²) >= 11 is 0. The zero-order chi connectivity index (χ0) is 67.5. The number of hydrogen-bond acceptors (Lipinski definition) is 19. The lowest BCUT2D eigenvalue weighted by molar-refractivity contribution is -0.139. The van der Waals surface area contributed by atoms with Crippen LogP contribution in [-0.4, -0.2) is 193 Å². The highest BCUT2D eigenvalue weighted by Crippen LogP contribution is 2.42. The number of fused-ring (bicyclic) bond motifs is 4. The molecular formula is C70H84N8O17. The molecule has 7 amide bonds. The standard InChI is InChI=1S/C70H84N8O17/c1-43(2)66(75-64(81)18-23-90-25-27-92-29-30-93-28-26-91-24-19-71-63(80)17-20-76-65(82)32-45(4)68(76)84)58(79)31-44(3)67(83)74-50-13-9-46(10-14-50)48-33-51-39-72-56-37-61(59(88-6)35-54(56)69(85)77(51)41-48)94-21-8-22-95-62-38-57-55(36-60(62)89-7)70(86)78-42-49(34-52(78)40-73-57)47-11-15-53(87-5)16-12-47/h9-16,35-45,51-52,66H,8,17-34H2,1-7H3,(H,71,80)(H,74,83)(H,75,81)/t44-,45?,51+,52+,66+/m1/s1. The van der Waals surface area contributed by atoms with Crippen LogP contribution in [0.3, 0.4) is 0 Å². The summed E-state index contributed by atoms with van der Waals surface area (Å²) in [6.07, 6.45) is 8.98. The van der Waals surface area contributed by atoms with Crippen LogP contribution in [0.5, 0.6) is 28.7 Å². The summed E-state index contributed by atoms with van der Waals surface area (Å²) in [5, 5.41) is 8.42. The first-order valence-electron chi connectivity index (χ1n) is 32.1. The van der Waals surface area contributed by atoms with Crippen molar-refractivity contribution in [3.05, 3.63) is 107 Å². The molecule has 1 saturated heterocycles. The lowest BCUT2D eigenvalue weighted by Crippen LogP contribution is -2.45. The minimum Gasteiger partial charge on any atom is -0.497 e. The lowest BCUT2D eigenvalue weighted by atomic mass is 9.92. The van der Waals surface area contributed by atoms with Gasteiger partial charge in [-0.1, -0.05) is 52.0 Å². The van der Waals surface area contributed by atoms with Crippen molar-refractivity contribution < 1.29 is 81.0 Å². The number of anilines is 1. The Morgan fingerprint density at radius 1 is 0.589 bits per heavy atom. The number of ketones is 1. The Hall–Kier alpha value is -9.30. The third-order valence-electron chi connectivity index (χ3n) is 16.7. The van der Waals surface area contributed by atoms with Gasteiger partial charge in [0.25, 0.3) is 11.8 Å². The number of likely N-dealkylation sites (tertiary alicyclic amines) is 1. The van der Waals surface area contributed by atoms with E-state index in [1.807, 2.05) is 62.6 Å². The third kappa shape index (κ3) is 18.3. The molecule has 0 radical (unpaired) electrons. The minimum absolute atomic E-state index is 0.0302. The summed E-state index contributed by atoms with van der Waals surface area (Å²) in [4.78, 5) is 118. The molecule has 506 valence electrons. The Balaban J connectivity index is 0.645. The molecule has 1 unspecified atom stereocenters. The number of nitrogens with one attached hydrogen (secondary N) is 3. The highest BCUT2D eigenvalue weighted by molar-refractivity contribution is 6.07. The first-order chi connectivity index (χ1) is 45.9. The van der Waals surface area contributed by atoms with Crippen LogP contribution in [0.15, 0.2) is 95.2 Å². The maximum Gasteiger partial charge on any atom is 0.260 e. The summed E-state index contributed by atoms with van der Waals surface area (Å²) in [5.74, 6) is -1.07. The number of hydrogen-bond donors (Lipinski definition) is 3. The van der Waals surface area contributed by atoms with Gasteiger partial charge in [0.1, 0.15) is 5.75 Å². The van der Waals surface area contributed by atoms with Crippen LogP contribution >= 0.6 is 0 Å². The van der Waals surface area contributed by atoms with Crippen molar-refractivity contribution in [3.63, 3.8) is 0 Å². The first kappa shape index (κ1) is 70.0. The highest BCUT2D eigenvalue weighted by Gasteiger charge is 2.37. The maximum absolute atomic E-state index is 14.2.